The van der Waals surface area contributed by atoms with E-state index >= 15 is 0 Å². The Bertz CT molecular complexity index is 440. The van der Waals surface area contributed by atoms with Crippen LogP contribution in [-0.4, -0.2) is 25.9 Å². The Morgan fingerprint density at radius 1 is 1.37 bits per heavy atom. The lowest BCUT2D eigenvalue weighted by molar-refractivity contribution is 0.0797. The number of rotatable bonds is 4. The second-order valence-electron chi connectivity index (χ2n) is 5.66. The van der Waals surface area contributed by atoms with E-state index in [0.29, 0.717) is 18.2 Å². The maximum absolute atomic E-state index is 5.77. The summed E-state index contributed by atoms with van der Waals surface area (Å²) >= 11 is 0. The summed E-state index contributed by atoms with van der Waals surface area (Å²) in [4.78, 5) is 0. The molecule has 19 heavy (non-hydrogen) atoms. The SMILES string of the molecule is COc1ccc2c(c1)C(NC(C)C1CCCO1)CC2. The first-order valence-corrected chi connectivity index (χ1v) is 7.32. The second-order valence-corrected chi connectivity index (χ2v) is 5.66. The van der Waals surface area contributed by atoms with Crippen LogP contribution >= 0.6 is 0 Å². The Kier molecular flexibility index (Phi) is 3.76. The van der Waals surface area contributed by atoms with Gasteiger partial charge in [-0.2, -0.15) is 0 Å². The fourth-order valence-electron chi connectivity index (χ4n) is 3.30. The van der Waals surface area contributed by atoms with Crippen molar-refractivity contribution in [2.45, 2.75) is 50.8 Å². The van der Waals surface area contributed by atoms with Gasteiger partial charge in [0, 0.05) is 18.7 Å². The number of hydrogen-bond acceptors (Lipinski definition) is 3. The summed E-state index contributed by atoms with van der Waals surface area (Å²) in [6.45, 7) is 3.17. The predicted molar refractivity (Wildman–Crippen MR) is 75.6 cm³/mol. The standard InChI is InChI=1S/C16H23NO2/c1-11(16-4-3-9-19-16)17-15-8-6-12-5-7-13(18-2)10-14(12)15/h5,7,10-11,15-17H,3-4,6,8-9H2,1-2H3. The van der Waals surface area contributed by atoms with Crippen LogP contribution in [-0.2, 0) is 11.2 Å². The van der Waals surface area contributed by atoms with Gasteiger partial charge >= 0.3 is 0 Å². The molecule has 1 N–H and O–H groups in total. The zero-order valence-corrected chi connectivity index (χ0v) is 11.8. The molecule has 3 heteroatoms. The third-order valence-electron chi connectivity index (χ3n) is 4.42. The minimum absolute atomic E-state index is 0.384. The fourth-order valence-corrected chi connectivity index (χ4v) is 3.30. The van der Waals surface area contributed by atoms with Gasteiger partial charge in [-0.15, -0.1) is 0 Å². The Hall–Kier alpha value is -1.06. The molecule has 1 heterocycles. The number of ether oxygens (including phenoxy) is 2. The van der Waals surface area contributed by atoms with Crippen molar-refractivity contribution in [3.63, 3.8) is 0 Å². The van der Waals surface area contributed by atoms with Crippen molar-refractivity contribution in [2.24, 2.45) is 0 Å². The number of methoxy groups -OCH3 is 1. The molecule has 0 amide bonds. The van der Waals surface area contributed by atoms with Gasteiger partial charge in [0.2, 0.25) is 0 Å². The summed E-state index contributed by atoms with van der Waals surface area (Å²) in [6.07, 6.45) is 5.11. The molecule has 1 saturated heterocycles. The van der Waals surface area contributed by atoms with Crippen LogP contribution in [0.25, 0.3) is 0 Å². The molecule has 104 valence electrons. The van der Waals surface area contributed by atoms with E-state index in [1.807, 2.05) is 0 Å². The van der Waals surface area contributed by atoms with E-state index in [0.717, 1.165) is 18.8 Å². The van der Waals surface area contributed by atoms with Crippen LogP contribution in [0.1, 0.15) is 43.4 Å². The quantitative estimate of drug-likeness (QED) is 0.904. The highest BCUT2D eigenvalue weighted by Gasteiger charge is 2.28. The molecule has 3 rings (SSSR count). The van der Waals surface area contributed by atoms with Crippen molar-refractivity contribution < 1.29 is 9.47 Å². The molecule has 2 aliphatic rings. The molecular formula is C16H23NO2. The molecule has 0 spiro atoms. The molecule has 0 bridgehead atoms. The lowest BCUT2D eigenvalue weighted by atomic mass is 10.0. The molecule has 1 aliphatic carbocycles. The minimum atomic E-state index is 0.384. The topological polar surface area (TPSA) is 30.5 Å². The van der Waals surface area contributed by atoms with Crippen molar-refractivity contribution >= 4 is 0 Å². The van der Waals surface area contributed by atoms with Crippen LogP contribution in [0.4, 0.5) is 0 Å². The number of benzene rings is 1. The average Bonchev–Trinajstić information content (AvgIpc) is 3.08. The normalized spacial score (nSPS) is 27.3. The van der Waals surface area contributed by atoms with Crippen LogP contribution in [0.15, 0.2) is 18.2 Å². The van der Waals surface area contributed by atoms with E-state index in [2.05, 4.69) is 30.4 Å². The van der Waals surface area contributed by atoms with Gasteiger partial charge in [0.05, 0.1) is 13.2 Å². The highest BCUT2D eigenvalue weighted by atomic mass is 16.5. The van der Waals surface area contributed by atoms with E-state index in [1.165, 1.54) is 30.4 Å². The minimum Gasteiger partial charge on any atom is -0.497 e. The zero-order valence-electron chi connectivity index (χ0n) is 11.8. The van der Waals surface area contributed by atoms with Crippen LogP contribution < -0.4 is 10.1 Å². The third-order valence-corrected chi connectivity index (χ3v) is 4.42. The van der Waals surface area contributed by atoms with Gasteiger partial charge in [0.1, 0.15) is 5.75 Å². The molecule has 1 aliphatic heterocycles. The van der Waals surface area contributed by atoms with Crippen molar-refractivity contribution in [2.75, 3.05) is 13.7 Å². The number of nitrogens with one attached hydrogen (secondary N) is 1. The van der Waals surface area contributed by atoms with Crippen molar-refractivity contribution in [3.05, 3.63) is 29.3 Å². The van der Waals surface area contributed by atoms with Crippen LogP contribution in [0.3, 0.4) is 0 Å². The summed E-state index contributed by atoms with van der Waals surface area (Å²) < 4.78 is 11.1. The van der Waals surface area contributed by atoms with Gasteiger partial charge in [0.15, 0.2) is 0 Å². The van der Waals surface area contributed by atoms with Gasteiger partial charge in [-0.05, 0) is 55.9 Å². The largest absolute Gasteiger partial charge is 0.497 e. The number of fused-ring (bicyclic) bond motifs is 1. The molecule has 0 radical (unpaired) electrons. The summed E-state index contributed by atoms with van der Waals surface area (Å²) in [6, 6.07) is 7.31. The monoisotopic (exact) mass is 261 g/mol. The predicted octanol–water partition coefficient (Wildman–Crippen LogP) is 2.84. The van der Waals surface area contributed by atoms with Gasteiger partial charge in [0.25, 0.3) is 0 Å². The molecule has 3 atom stereocenters. The van der Waals surface area contributed by atoms with E-state index in [9.17, 15) is 0 Å². The lowest BCUT2D eigenvalue weighted by Crippen LogP contribution is -2.38. The molecule has 0 aromatic heterocycles. The molecule has 1 fully saturated rings. The first-order valence-electron chi connectivity index (χ1n) is 7.32. The van der Waals surface area contributed by atoms with Crippen molar-refractivity contribution in [3.8, 4) is 5.75 Å². The Morgan fingerprint density at radius 3 is 3.00 bits per heavy atom. The van der Waals surface area contributed by atoms with Gasteiger partial charge in [-0.3, -0.25) is 0 Å². The third kappa shape index (κ3) is 2.63. The zero-order chi connectivity index (χ0) is 13.2. The Morgan fingerprint density at radius 2 is 2.26 bits per heavy atom. The summed E-state index contributed by atoms with van der Waals surface area (Å²) in [5, 5.41) is 3.75. The van der Waals surface area contributed by atoms with Crippen molar-refractivity contribution in [1.82, 2.24) is 5.32 Å². The van der Waals surface area contributed by atoms with E-state index in [1.54, 1.807) is 7.11 Å². The van der Waals surface area contributed by atoms with Gasteiger partial charge < -0.3 is 14.8 Å². The smallest absolute Gasteiger partial charge is 0.119 e. The highest BCUT2D eigenvalue weighted by molar-refractivity contribution is 5.40. The Labute approximate surface area is 115 Å². The average molecular weight is 261 g/mol. The first kappa shape index (κ1) is 12.9. The summed E-state index contributed by atoms with van der Waals surface area (Å²) in [5.41, 5.74) is 2.86. The maximum Gasteiger partial charge on any atom is 0.119 e. The fraction of sp³-hybridized carbons (Fsp3) is 0.625. The first-order chi connectivity index (χ1) is 9.28. The van der Waals surface area contributed by atoms with E-state index in [-0.39, 0.29) is 0 Å². The lowest BCUT2D eigenvalue weighted by Gasteiger charge is -2.25. The molecule has 0 saturated carbocycles. The molecule has 1 aromatic rings. The molecule has 3 nitrogen and oxygen atoms in total. The molecule has 1 aromatic carbocycles. The maximum atomic E-state index is 5.77. The van der Waals surface area contributed by atoms with Crippen LogP contribution in [0.5, 0.6) is 5.75 Å². The summed E-state index contributed by atoms with van der Waals surface area (Å²) in [5.74, 6) is 0.956. The van der Waals surface area contributed by atoms with E-state index < -0.39 is 0 Å². The van der Waals surface area contributed by atoms with Gasteiger partial charge in [-0.1, -0.05) is 6.07 Å². The van der Waals surface area contributed by atoms with Crippen LogP contribution in [0, 0.1) is 0 Å². The number of aryl methyl sites for hydroxylation is 1. The van der Waals surface area contributed by atoms with Gasteiger partial charge in [-0.25, -0.2) is 0 Å². The van der Waals surface area contributed by atoms with E-state index in [4.69, 9.17) is 9.47 Å². The molecule has 3 unspecified atom stereocenters. The summed E-state index contributed by atoms with van der Waals surface area (Å²) in [7, 11) is 1.73. The number of hydrogen-bond donors (Lipinski definition) is 1. The Balaban J connectivity index is 1.70. The second kappa shape index (κ2) is 5.51. The van der Waals surface area contributed by atoms with Crippen LogP contribution in [0.2, 0.25) is 0 Å². The highest BCUT2D eigenvalue weighted by Crippen LogP contribution is 2.34. The molecular weight excluding hydrogens is 238 g/mol. The van der Waals surface area contributed by atoms with Crippen molar-refractivity contribution in [1.29, 1.82) is 0 Å².